The Bertz CT molecular complexity index is 1180. The summed E-state index contributed by atoms with van der Waals surface area (Å²) in [5.74, 6) is -2.80. The molecule has 0 aliphatic heterocycles. The molecule has 5 rings (SSSR count). The first-order valence-corrected chi connectivity index (χ1v) is 14.6. The molecule has 0 radical (unpaired) electrons. The highest BCUT2D eigenvalue weighted by Crippen LogP contribution is 2.76. The number of aliphatic hydroxyl groups is 3. The van der Waals surface area contributed by atoms with Gasteiger partial charge in [0.05, 0.1) is 12.2 Å². The van der Waals surface area contributed by atoms with E-state index >= 15 is 0 Å². The van der Waals surface area contributed by atoms with Gasteiger partial charge >= 0.3 is 12.1 Å². The molecule has 9 heteroatoms. The van der Waals surface area contributed by atoms with Crippen LogP contribution in [-0.4, -0.2) is 68.2 Å². The van der Waals surface area contributed by atoms with Gasteiger partial charge in [-0.3, -0.25) is 4.79 Å². The van der Waals surface area contributed by atoms with Crippen LogP contribution < -0.4 is 5.32 Å². The lowest BCUT2D eigenvalue weighted by molar-refractivity contribution is -0.188. The number of Topliss-reactive ketones (excluding diaryl/α,β-unsaturated/α-hetero) is 1. The quantitative estimate of drug-likeness (QED) is 0.287. The minimum absolute atomic E-state index is 0.0599. The van der Waals surface area contributed by atoms with Crippen molar-refractivity contribution in [2.24, 2.45) is 35.0 Å². The highest BCUT2D eigenvalue weighted by atomic mass is 16.6. The number of alkyl carbamates (subject to hydrolysis) is 1. The number of nitrogens with one attached hydrogen (secondary N) is 1. The van der Waals surface area contributed by atoms with Gasteiger partial charge in [0, 0.05) is 29.6 Å². The van der Waals surface area contributed by atoms with Gasteiger partial charge in [-0.15, -0.1) is 0 Å². The zero-order valence-electron chi connectivity index (χ0n) is 24.7. The summed E-state index contributed by atoms with van der Waals surface area (Å²) in [6, 6.07) is -0.856. The topological polar surface area (TPSA) is 142 Å². The van der Waals surface area contributed by atoms with E-state index < -0.39 is 69.5 Å². The molecule has 1 amide bonds. The van der Waals surface area contributed by atoms with Gasteiger partial charge in [0.25, 0.3) is 0 Å². The monoisotopic (exact) mass is 559 g/mol. The number of esters is 1. The highest BCUT2D eigenvalue weighted by molar-refractivity contribution is 6.04. The Hall–Kier alpha value is -2.23. The number of aliphatic hydroxyl groups excluding tert-OH is 1. The van der Waals surface area contributed by atoms with Gasteiger partial charge in [-0.1, -0.05) is 45.8 Å². The fraction of sp³-hybridized carbons (Fsp3) is 0.774. The van der Waals surface area contributed by atoms with E-state index in [4.69, 9.17) is 9.47 Å². The predicted molar refractivity (Wildman–Crippen MR) is 146 cm³/mol. The molecule has 0 unspecified atom stereocenters. The number of rotatable bonds is 6. The van der Waals surface area contributed by atoms with Crippen molar-refractivity contribution in [1.29, 1.82) is 0 Å². The van der Waals surface area contributed by atoms with Crippen molar-refractivity contribution in [2.75, 3.05) is 6.61 Å². The first kappa shape index (κ1) is 29.3. The van der Waals surface area contributed by atoms with E-state index in [0.29, 0.717) is 29.9 Å². The Balaban J connectivity index is 1.46. The second-order valence-corrected chi connectivity index (χ2v) is 14.6. The van der Waals surface area contributed by atoms with Crippen LogP contribution in [-0.2, 0) is 19.1 Å². The Morgan fingerprint density at radius 2 is 1.82 bits per heavy atom. The molecule has 3 saturated carbocycles. The molecule has 0 aromatic heterocycles. The van der Waals surface area contributed by atoms with Gasteiger partial charge in [-0.2, -0.15) is 0 Å². The second-order valence-electron chi connectivity index (χ2n) is 14.6. The van der Waals surface area contributed by atoms with Crippen LogP contribution in [0.2, 0.25) is 0 Å². The Kier molecular flexibility index (Phi) is 6.68. The van der Waals surface area contributed by atoms with Gasteiger partial charge in [0.2, 0.25) is 0 Å². The molecule has 0 aromatic carbocycles. The van der Waals surface area contributed by atoms with E-state index in [9.17, 15) is 29.7 Å². The smallest absolute Gasteiger partial charge is 0.408 e. The number of ether oxygens (including phenoxy) is 2. The lowest BCUT2D eigenvalue weighted by Crippen LogP contribution is -2.61. The van der Waals surface area contributed by atoms with Crippen molar-refractivity contribution < 1.29 is 39.2 Å². The third-order valence-electron chi connectivity index (χ3n) is 10.4. The molecule has 0 spiro atoms. The van der Waals surface area contributed by atoms with Crippen molar-refractivity contribution in [3.8, 4) is 0 Å². The average Bonchev–Trinajstić information content (AvgIpc) is 3.71. The number of amides is 1. The number of carbonyl (C=O) groups is 3. The fourth-order valence-corrected chi connectivity index (χ4v) is 8.20. The van der Waals surface area contributed by atoms with Crippen molar-refractivity contribution in [1.82, 2.24) is 5.32 Å². The van der Waals surface area contributed by atoms with Crippen molar-refractivity contribution >= 4 is 17.8 Å². The molecule has 0 aromatic rings. The molecule has 9 nitrogen and oxygen atoms in total. The third-order valence-corrected chi connectivity index (χ3v) is 10.4. The van der Waals surface area contributed by atoms with Crippen LogP contribution in [0.4, 0.5) is 4.79 Å². The van der Waals surface area contributed by atoms with Crippen LogP contribution in [0.3, 0.4) is 0 Å². The molecule has 0 heterocycles. The lowest BCUT2D eigenvalue weighted by Gasteiger charge is -2.50. The van der Waals surface area contributed by atoms with Crippen LogP contribution in [0.15, 0.2) is 23.3 Å². The van der Waals surface area contributed by atoms with E-state index in [-0.39, 0.29) is 18.9 Å². The molecular formula is C31H45NO8. The molecule has 3 fully saturated rings. The molecule has 40 heavy (non-hydrogen) atoms. The summed E-state index contributed by atoms with van der Waals surface area (Å²) in [5.41, 5.74) is -4.60. The first-order valence-electron chi connectivity index (χ1n) is 14.6. The van der Waals surface area contributed by atoms with Gasteiger partial charge in [-0.25, -0.2) is 9.59 Å². The Morgan fingerprint density at radius 3 is 2.40 bits per heavy atom. The van der Waals surface area contributed by atoms with Crippen molar-refractivity contribution in [3.63, 3.8) is 0 Å². The zero-order valence-corrected chi connectivity index (χ0v) is 24.7. The summed E-state index contributed by atoms with van der Waals surface area (Å²) in [6.45, 7) is 12.5. The van der Waals surface area contributed by atoms with E-state index in [1.165, 1.54) is 0 Å². The summed E-state index contributed by atoms with van der Waals surface area (Å²) < 4.78 is 11.8. The van der Waals surface area contributed by atoms with Gasteiger partial charge < -0.3 is 30.1 Å². The van der Waals surface area contributed by atoms with Crippen LogP contribution in [0.1, 0.15) is 80.6 Å². The van der Waals surface area contributed by atoms with Gasteiger partial charge in [-0.05, 0) is 63.5 Å². The van der Waals surface area contributed by atoms with Gasteiger partial charge in [0.15, 0.2) is 5.78 Å². The molecule has 222 valence electrons. The van der Waals surface area contributed by atoms with Crippen molar-refractivity contribution in [2.45, 2.75) is 109 Å². The number of hydrogen-bond donors (Lipinski definition) is 4. The van der Waals surface area contributed by atoms with Crippen LogP contribution in [0, 0.1) is 35.0 Å². The summed E-state index contributed by atoms with van der Waals surface area (Å²) in [4.78, 5) is 39.5. The predicted octanol–water partition coefficient (Wildman–Crippen LogP) is 3.20. The van der Waals surface area contributed by atoms with Crippen LogP contribution >= 0.6 is 0 Å². The minimum atomic E-state index is -1.83. The van der Waals surface area contributed by atoms with Crippen molar-refractivity contribution in [3.05, 3.63) is 23.3 Å². The van der Waals surface area contributed by atoms with Crippen LogP contribution in [0.25, 0.3) is 0 Å². The largest absolute Gasteiger partial charge is 0.457 e. The zero-order chi connectivity index (χ0) is 29.6. The maximum absolute atomic E-state index is 13.7. The molecule has 5 aliphatic rings. The maximum atomic E-state index is 13.7. The van der Waals surface area contributed by atoms with E-state index in [2.05, 4.69) is 5.32 Å². The van der Waals surface area contributed by atoms with Gasteiger partial charge in [0.1, 0.15) is 22.8 Å². The molecular weight excluding hydrogens is 514 g/mol. The number of hydrogen-bond acceptors (Lipinski definition) is 8. The molecule has 5 aliphatic carbocycles. The summed E-state index contributed by atoms with van der Waals surface area (Å²) >= 11 is 0. The number of carbonyl (C=O) groups excluding carboxylic acids is 3. The Morgan fingerprint density at radius 1 is 1.18 bits per heavy atom. The SMILES string of the molecule is CC1=C[C@H]2[C@@]3(O)[C@H](C)C[C@]4(OC(=O)[C@H](CC5CC5)NC(=O)OC(C)(C)C)[C@H]([C@@H]3C=C(CO)C[C@]2(O)C1=O)C4(C)C. The normalized spacial score (nSPS) is 40.4. The third kappa shape index (κ3) is 4.34. The number of fused-ring (bicyclic) bond motifs is 5. The standard InChI is InChI=1S/C31H45NO8/c1-16-10-22-29(37,24(16)34)14-19(15-33)11-20-23-28(6,7)30(23,13-17(2)31(20,22)38)39-25(35)21(12-18-8-9-18)32-26(36)40-27(3,4)5/h10-11,17-18,20-23,33,37-38H,8-9,12-15H2,1-7H3,(H,32,36)/t17-,20+,21+,22-,23-,29-,30+,31-/m1/s1. The van der Waals surface area contributed by atoms with E-state index in [1.807, 2.05) is 26.8 Å². The Labute approximate surface area is 236 Å². The second kappa shape index (κ2) is 9.13. The summed E-state index contributed by atoms with van der Waals surface area (Å²) in [7, 11) is 0. The summed E-state index contributed by atoms with van der Waals surface area (Å²) in [6.07, 6.45) is 5.56. The highest BCUT2D eigenvalue weighted by Gasteiger charge is 2.83. The molecule has 0 bridgehead atoms. The number of ketones is 1. The maximum Gasteiger partial charge on any atom is 0.408 e. The molecule has 4 N–H and O–H groups in total. The lowest BCUT2D eigenvalue weighted by atomic mass is 9.60. The van der Waals surface area contributed by atoms with Crippen LogP contribution in [0.5, 0.6) is 0 Å². The van der Waals surface area contributed by atoms with E-state index in [1.54, 1.807) is 33.8 Å². The average molecular weight is 560 g/mol. The molecule has 0 saturated heterocycles. The summed E-state index contributed by atoms with van der Waals surface area (Å²) in [5, 5.41) is 37.1. The fourth-order valence-electron chi connectivity index (χ4n) is 8.20. The van der Waals surface area contributed by atoms with E-state index in [0.717, 1.165) is 12.8 Å². The minimum Gasteiger partial charge on any atom is -0.457 e. The molecule has 8 atom stereocenters. The first-order chi connectivity index (χ1) is 18.4.